The van der Waals surface area contributed by atoms with Crippen LogP contribution in [0.2, 0.25) is 5.02 Å². The molecule has 0 atom stereocenters. The van der Waals surface area contributed by atoms with Gasteiger partial charge in [0.1, 0.15) is 24.7 Å². The number of nitrogens with one attached hydrogen (secondary N) is 1. The van der Waals surface area contributed by atoms with Crippen molar-refractivity contribution in [2.45, 2.75) is 11.8 Å². The number of nitrogens with zero attached hydrogens (tertiary/aromatic N) is 1. The van der Waals surface area contributed by atoms with E-state index in [4.69, 9.17) is 25.8 Å². The zero-order chi connectivity index (χ0) is 26.3. The molecule has 3 aromatic carbocycles. The number of aryl methyl sites for hydroxylation is 1. The van der Waals surface area contributed by atoms with Crippen LogP contribution in [0.1, 0.15) is 5.56 Å². The molecule has 0 saturated heterocycles. The standard InChI is InChI=1S/C25H26ClFN2O6S/c1-17-4-7-19(8-5-17)35-13-12-28-25(30)16-29(18-6-10-22(27)21(26)14-18)36(31,32)20-9-11-23(33-2)24(15-20)34-3/h4-11,14-15H,12-13,16H2,1-3H3,(H,28,30). The normalized spacial score (nSPS) is 11.0. The average molecular weight is 537 g/mol. The molecule has 192 valence electrons. The molecule has 0 spiro atoms. The van der Waals surface area contributed by atoms with E-state index in [1.165, 1.54) is 38.5 Å². The van der Waals surface area contributed by atoms with Gasteiger partial charge in [0.25, 0.3) is 10.0 Å². The second kappa shape index (κ2) is 12.0. The van der Waals surface area contributed by atoms with Gasteiger partial charge in [-0.2, -0.15) is 0 Å². The molecule has 0 radical (unpaired) electrons. The van der Waals surface area contributed by atoms with E-state index in [2.05, 4.69) is 5.32 Å². The van der Waals surface area contributed by atoms with Gasteiger partial charge in [-0.25, -0.2) is 12.8 Å². The van der Waals surface area contributed by atoms with Gasteiger partial charge in [0.2, 0.25) is 5.91 Å². The van der Waals surface area contributed by atoms with Gasteiger partial charge >= 0.3 is 0 Å². The van der Waals surface area contributed by atoms with Gasteiger partial charge in [0, 0.05) is 6.07 Å². The van der Waals surface area contributed by atoms with E-state index in [1.54, 1.807) is 0 Å². The maximum Gasteiger partial charge on any atom is 0.264 e. The number of halogens is 2. The molecule has 0 unspecified atom stereocenters. The number of carbonyl (C=O) groups excluding carboxylic acids is 1. The number of rotatable bonds is 11. The third kappa shape index (κ3) is 6.58. The predicted octanol–water partition coefficient (Wildman–Crippen LogP) is 4.20. The molecule has 0 aromatic heterocycles. The van der Waals surface area contributed by atoms with Gasteiger partial charge in [-0.1, -0.05) is 29.3 Å². The first-order chi connectivity index (χ1) is 17.1. The predicted molar refractivity (Wildman–Crippen MR) is 135 cm³/mol. The molecule has 0 aliphatic heterocycles. The van der Waals surface area contributed by atoms with Gasteiger partial charge in [-0.15, -0.1) is 0 Å². The molecule has 1 amide bonds. The van der Waals surface area contributed by atoms with Gasteiger partial charge in [0.05, 0.1) is 36.4 Å². The highest BCUT2D eigenvalue weighted by Crippen LogP contribution is 2.33. The Morgan fingerprint density at radius 2 is 1.69 bits per heavy atom. The van der Waals surface area contributed by atoms with Gasteiger partial charge in [-0.05, 0) is 49.4 Å². The first-order valence-corrected chi connectivity index (χ1v) is 12.6. The Hall–Kier alpha value is -3.50. The SMILES string of the molecule is COc1ccc(S(=O)(=O)N(CC(=O)NCCOc2ccc(C)cc2)c2ccc(F)c(Cl)c2)cc1OC. The van der Waals surface area contributed by atoms with E-state index in [9.17, 15) is 17.6 Å². The highest BCUT2D eigenvalue weighted by atomic mass is 35.5. The minimum absolute atomic E-state index is 0.0160. The van der Waals surface area contributed by atoms with E-state index in [-0.39, 0.29) is 34.5 Å². The lowest BCUT2D eigenvalue weighted by molar-refractivity contribution is -0.119. The molecular weight excluding hydrogens is 511 g/mol. The lowest BCUT2D eigenvalue weighted by Gasteiger charge is -2.25. The molecule has 0 bridgehead atoms. The number of hydrogen-bond donors (Lipinski definition) is 1. The van der Waals surface area contributed by atoms with Crippen molar-refractivity contribution in [3.05, 3.63) is 77.1 Å². The van der Waals surface area contributed by atoms with Crippen LogP contribution < -0.4 is 23.8 Å². The van der Waals surface area contributed by atoms with E-state index in [0.29, 0.717) is 11.5 Å². The Bertz CT molecular complexity index is 1320. The largest absolute Gasteiger partial charge is 0.493 e. The summed E-state index contributed by atoms with van der Waals surface area (Å²) in [6.45, 7) is 1.70. The van der Waals surface area contributed by atoms with Crippen LogP contribution in [0.3, 0.4) is 0 Å². The van der Waals surface area contributed by atoms with Crippen molar-refractivity contribution in [1.82, 2.24) is 5.32 Å². The summed E-state index contributed by atoms with van der Waals surface area (Å²) in [5, 5.41) is 2.35. The summed E-state index contributed by atoms with van der Waals surface area (Å²) in [4.78, 5) is 12.6. The minimum atomic E-state index is -4.29. The Kier molecular flexibility index (Phi) is 9.00. The van der Waals surface area contributed by atoms with Gasteiger partial charge in [-0.3, -0.25) is 9.10 Å². The first-order valence-electron chi connectivity index (χ1n) is 10.8. The third-order valence-corrected chi connectivity index (χ3v) is 7.19. The number of sulfonamides is 1. The summed E-state index contributed by atoms with van der Waals surface area (Å²) in [7, 11) is -1.49. The van der Waals surface area contributed by atoms with Crippen LogP contribution in [0.25, 0.3) is 0 Å². The summed E-state index contributed by atoms with van der Waals surface area (Å²) < 4.78 is 57.7. The van der Waals surface area contributed by atoms with Crippen molar-refractivity contribution in [3.63, 3.8) is 0 Å². The van der Waals surface area contributed by atoms with Crippen LogP contribution >= 0.6 is 11.6 Å². The fourth-order valence-electron chi connectivity index (χ4n) is 3.24. The third-order valence-electron chi connectivity index (χ3n) is 5.14. The fraction of sp³-hybridized carbons (Fsp3) is 0.240. The van der Waals surface area contributed by atoms with Crippen LogP contribution in [0.4, 0.5) is 10.1 Å². The van der Waals surface area contributed by atoms with Crippen molar-refractivity contribution in [1.29, 1.82) is 0 Å². The molecule has 0 heterocycles. The number of hydrogen-bond acceptors (Lipinski definition) is 6. The highest BCUT2D eigenvalue weighted by Gasteiger charge is 2.29. The molecule has 0 aliphatic rings. The Morgan fingerprint density at radius 3 is 2.33 bits per heavy atom. The maximum atomic E-state index is 13.8. The first kappa shape index (κ1) is 27.1. The van der Waals surface area contributed by atoms with Gasteiger partial charge < -0.3 is 19.5 Å². The Morgan fingerprint density at radius 1 is 1.00 bits per heavy atom. The average Bonchev–Trinajstić information content (AvgIpc) is 2.87. The Labute approximate surface area is 214 Å². The number of benzene rings is 3. The van der Waals surface area contributed by atoms with Crippen LogP contribution in [0, 0.1) is 12.7 Å². The summed E-state index contributed by atoms with van der Waals surface area (Å²) in [6, 6.07) is 14.9. The molecule has 36 heavy (non-hydrogen) atoms. The van der Waals surface area contributed by atoms with E-state index in [1.807, 2.05) is 31.2 Å². The van der Waals surface area contributed by atoms with E-state index < -0.39 is 28.3 Å². The lowest BCUT2D eigenvalue weighted by atomic mass is 10.2. The van der Waals surface area contributed by atoms with Crippen LogP contribution in [-0.4, -0.2) is 48.2 Å². The van der Waals surface area contributed by atoms with E-state index >= 15 is 0 Å². The second-order valence-corrected chi connectivity index (χ2v) is 9.91. The molecule has 1 N–H and O–H groups in total. The molecule has 0 saturated carbocycles. The molecule has 3 rings (SSSR count). The highest BCUT2D eigenvalue weighted by molar-refractivity contribution is 7.92. The molecule has 3 aromatic rings. The quantitative estimate of drug-likeness (QED) is 0.369. The Balaban J connectivity index is 1.80. The molecule has 8 nitrogen and oxygen atoms in total. The number of amides is 1. The van der Waals surface area contributed by atoms with Gasteiger partial charge in [0.15, 0.2) is 11.5 Å². The van der Waals surface area contributed by atoms with Crippen LogP contribution in [-0.2, 0) is 14.8 Å². The van der Waals surface area contributed by atoms with Crippen LogP contribution in [0.5, 0.6) is 17.2 Å². The zero-order valence-corrected chi connectivity index (χ0v) is 21.5. The molecular formula is C25H26ClFN2O6S. The lowest BCUT2D eigenvalue weighted by Crippen LogP contribution is -2.42. The molecule has 11 heteroatoms. The summed E-state index contributed by atoms with van der Waals surface area (Å²) in [5.74, 6) is -0.144. The maximum absolute atomic E-state index is 13.8. The van der Waals surface area contributed by atoms with Crippen molar-refractivity contribution in [3.8, 4) is 17.2 Å². The summed E-state index contributed by atoms with van der Waals surface area (Å²) in [5.41, 5.74) is 1.11. The van der Waals surface area contributed by atoms with Crippen molar-refractivity contribution in [2.24, 2.45) is 0 Å². The second-order valence-electron chi connectivity index (χ2n) is 7.64. The molecule has 0 fully saturated rings. The minimum Gasteiger partial charge on any atom is -0.493 e. The smallest absolute Gasteiger partial charge is 0.264 e. The monoisotopic (exact) mass is 536 g/mol. The zero-order valence-electron chi connectivity index (χ0n) is 20.0. The summed E-state index contributed by atoms with van der Waals surface area (Å²) in [6.07, 6.45) is 0. The number of carbonyl (C=O) groups is 1. The van der Waals surface area contributed by atoms with Crippen molar-refractivity contribution in [2.75, 3.05) is 38.2 Å². The number of methoxy groups -OCH3 is 2. The van der Waals surface area contributed by atoms with E-state index in [0.717, 1.165) is 22.0 Å². The fourth-order valence-corrected chi connectivity index (χ4v) is 4.84. The molecule has 0 aliphatic carbocycles. The van der Waals surface area contributed by atoms with Crippen molar-refractivity contribution < 1.29 is 31.8 Å². The summed E-state index contributed by atoms with van der Waals surface area (Å²) >= 11 is 5.90. The topological polar surface area (TPSA) is 94.2 Å². The number of anilines is 1. The van der Waals surface area contributed by atoms with Crippen LogP contribution in [0.15, 0.2) is 65.6 Å². The number of ether oxygens (including phenoxy) is 3. The van der Waals surface area contributed by atoms with Crippen molar-refractivity contribution >= 4 is 33.2 Å².